The molecule has 2 rings (SSSR count). The minimum absolute atomic E-state index is 0.0190. The van der Waals surface area contributed by atoms with Crippen molar-refractivity contribution >= 4 is 31.0 Å². The van der Waals surface area contributed by atoms with Crippen molar-refractivity contribution < 1.29 is 54.5 Å². The molecule has 20 heteroatoms. The van der Waals surface area contributed by atoms with Gasteiger partial charge in [-0.15, -0.1) is 0 Å². The van der Waals surface area contributed by atoms with Gasteiger partial charge >= 0.3 is 31.0 Å². The lowest BCUT2D eigenvalue weighted by atomic mass is 10.1. The lowest BCUT2D eigenvalue weighted by Gasteiger charge is -2.36. The molecule has 1 heterocycles. The van der Waals surface area contributed by atoms with E-state index < -0.39 is 31.0 Å². The van der Waals surface area contributed by atoms with Crippen LogP contribution in [0, 0.1) is 0 Å². The van der Waals surface area contributed by atoms with E-state index in [1.165, 1.54) is 9.34 Å². The molecule has 0 aliphatic carbocycles. The Morgan fingerprint density at radius 3 is 0.880 bits per heavy atom. The molecule has 0 spiro atoms. The average molecular weight is 793 g/mol. The van der Waals surface area contributed by atoms with Gasteiger partial charge in [-0.05, 0) is 66.5 Å². The minimum Gasteiger partial charge on any atom is -0.297 e. The summed E-state index contributed by atoms with van der Waals surface area (Å²) < 4.78 is 110. The van der Waals surface area contributed by atoms with E-state index >= 15 is 0 Å². The Hall–Kier alpha value is -0.340. The number of hydrogen-bond donors (Lipinski definition) is 0. The Balaban J connectivity index is 2.83. The molecular weight excluding hydrogens is 732 g/mol. The molecule has 0 amide bonds. The summed E-state index contributed by atoms with van der Waals surface area (Å²) in [6.45, 7) is 15.3. The molecule has 0 unspecified atom stereocenters. The first-order chi connectivity index (χ1) is 23.9. The molecule has 16 nitrogen and oxygen atoms in total. The summed E-state index contributed by atoms with van der Waals surface area (Å²) in [7, 11) is -15.5. The molecule has 0 aromatic heterocycles. The van der Waals surface area contributed by atoms with Crippen LogP contribution in [0.15, 0.2) is 24.3 Å². The Morgan fingerprint density at radius 1 is 0.420 bits per heavy atom. The highest BCUT2D eigenvalue weighted by Gasteiger charge is 2.41. The second kappa shape index (κ2) is 22.8. The van der Waals surface area contributed by atoms with Crippen molar-refractivity contribution in [2.24, 2.45) is 0 Å². The quantitative estimate of drug-likeness (QED) is 0.119. The van der Waals surface area contributed by atoms with Crippen molar-refractivity contribution in [3.63, 3.8) is 0 Å². The van der Waals surface area contributed by atoms with Gasteiger partial charge in [-0.1, -0.05) is 24.3 Å². The van der Waals surface area contributed by atoms with E-state index in [2.05, 4.69) is 0 Å². The topological polar surface area (TPSA) is 155 Å². The first-order valence-corrected chi connectivity index (χ1v) is 23.5. The van der Waals surface area contributed by atoms with Crippen molar-refractivity contribution in [3.05, 3.63) is 35.4 Å². The fourth-order valence-electron chi connectivity index (χ4n) is 5.34. The molecule has 2 bridgehead atoms. The van der Waals surface area contributed by atoms with E-state index in [4.69, 9.17) is 36.2 Å². The smallest absolute Gasteiger partial charge is 0.297 e. The molecule has 1 aromatic carbocycles. The van der Waals surface area contributed by atoms with Crippen LogP contribution in [0.25, 0.3) is 0 Å². The van der Waals surface area contributed by atoms with E-state index in [0.29, 0.717) is 0 Å². The van der Waals surface area contributed by atoms with Crippen LogP contribution in [-0.2, 0) is 67.5 Å². The van der Waals surface area contributed by atoms with Crippen LogP contribution < -0.4 is 0 Å². The summed E-state index contributed by atoms with van der Waals surface area (Å²) in [4.78, 5) is 0. The van der Waals surface area contributed by atoms with Crippen LogP contribution in [0.5, 0.6) is 0 Å². The van der Waals surface area contributed by atoms with E-state index in [1.54, 1.807) is 64.7 Å². The zero-order valence-corrected chi connectivity index (χ0v) is 34.7. The highest BCUT2D eigenvalue weighted by Crippen LogP contribution is 2.57. The summed E-state index contributed by atoms with van der Waals surface area (Å²) >= 11 is 0. The standard InChI is InChI=1S/C30H60N4O12P4/c1-9-39-47(35,40-10-2)31-20-21-32(48(36,41-11-3)42-12-4)23-25-34(50(38,45-15-7)46-16-8)28-30-19-17-18-29(26-30)27-33(24-22-31)49(37,43-13-5)44-14-6/h17-19,26H,9-16,20-25,27-28H2,1-8H3. The van der Waals surface area contributed by atoms with Crippen LogP contribution in [0.1, 0.15) is 66.5 Å². The molecule has 0 N–H and O–H groups in total. The van der Waals surface area contributed by atoms with Crippen LogP contribution >= 0.6 is 31.0 Å². The first kappa shape index (κ1) is 45.8. The largest absolute Gasteiger partial charge is 0.408 e. The molecule has 1 aromatic rings. The number of fused-ring (bicyclic) bond motifs is 2. The van der Waals surface area contributed by atoms with Gasteiger partial charge in [0.25, 0.3) is 0 Å². The molecule has 0 radical (unpaired) electrons. The van der Waals surface area contributed by atoms with E-state index in [-0.39, 0.29) is 105 Å². The molecular formula is C30H60N4O12P4. The second-order valence-electron chi connectivity index (χ2n) is 10.7. The predicted molar refractivity (Wildman–Crippen MR) is 194 cm³/mol. The zero-order chi connectivity index (χ0) is 37.3. The van der Waals surface area contributed by atoms with Crippen LogP contribution in [0.3, 0.4) is 0 Å². The first-order valence-electron chi connectivity index (χ1n) is 17.5. The number of hydrogen-bond acceptors (Lipinski definition) is 12. The van der Waals surface area contributed by atoms with E-state index in [9.17, 15) is 18.3 Å². The molecule has 292 valence electrons. The summed E-state index contributed by atoms with van der Waals surface area (Å²) in [5.74, 6) is 0. The second-order valence-corrected chi connectivity index (χ2v) is 18.8. The minimum atomic E-state index is -3.92. The van der Waals surface area contributed by atoms with Gasteiger partial charge in [-0.25, -0.2) is 36.9 Å². The fourth-order valence-corrected chi connectivity index (χ4v) is 12.2. The van der Waals surface area contributed by atoms with Gasteiger partial charge < -0.3 is 0 Å². The summed E-state index contributed by atoms with van der Waals surface area (Å²) in [6.07, 6.45) is 0. The van der Waals surface area contributed by atoms with Gasteiger partial charge in [-0.3, -0.25) is 36.2 Å². The number of nitrogens with zero attached hydrogens (tertiary/aromatic N) is 4. The molecule has 0 saturated heterocycles. The summed E-state index contributed by atoms with van der Waals surface area (Å²) in [6, 6.07) is 7.54. The number of rotatable bonds is 20. The van der Waals surface area contributed by atoms with Crippen molar-refractivity contribution in [1.82, 2.24) is 18.7 Å². The van der Waals surface area contributed by atoms with Crippen LogP contribution in [0.2, 0.25) is 0 Å². The van der Waals surface area contributed by atoms with Gasteiger partial charge in [0.1, 0.15) is 0 Å². The molecule has 50 heavy (non-hydrogen) atoms. The third-order valence-corrected chi connectivity index (χ3v) is 16.2. The molecule has 0 atom stereocenters. The number of benzene rings is 1. The van der Waals surface area contributed by atoms with Gasteiger partial charge in [0, 0.05) is 52.4 Å². The average Bonchev–Trinajstić information content (AvgIpc) is 3.05. The highest BCUT2D eigenvalue weighted by atomic mass is 31.2. The maximum atomic E-state index is 14.4. The zero-order valence-electron chi connectivity index (χ0n) is 31.1. The molecule has 0 saturated carbocycles. The highest BCUT2D eigenvalue weighted by molar-refractivity contribution is 7.52. The Labute approximate surface area is 299 Å². The lowest BCUT2D eigenvalue weighted by molar-refractivity contribution is 0.131. The Bertz CT molecular complexity index is 1200. The van der Waals surface area contributed by atoms with Gasteiger partial charge in [0.15, 0.2) is 0 Å². The molecule has 0 fully saturated rings. The van der Waals surface area contributed by atoms with Crippen molar-refractivity contribution in [2.45, 2.75) is 68.5 Å². The van der Waals surface area contributed by atoms with Crippen LogP contribution in [0.4, 0.5) is 0 Å². The van der Waals surface area contributed by atoms with Gasteiger partial charge in [-0.2, -0.15) is 0 Å². The summed E-state index contributed by atoms with van der Waals surface area (Å²) in [5.41, 5.74) is 1.56. The SMILES string of the molecule is CCOP(=O)(OCC)N1CCN(P(=O)(OCC)OCC)CCN(P(=O)(OCC)OCC)Cc2cccc(c2)CN(P(=O)(OCC)OCC)CC1. The third-order valence-electron chi connectivity index (χ3n) is 7.29. The lowest BCUT2D eigenvalue weighted by Crippen LogP contribution is -2.40. The Kier molecular flexibility index (Phi) is 20.9. The van der Waals surface area contributed by atoms with Crippen molar-refractivity contribution in [2.75, 3.05) is 92.1 Å². The van der Waals surface area contributed by atoms with Crippen molar-refractivity contribution in [3.8, 4) is 0 Å². The van der Waals surface area contributed by atoms with Gasteiger partial charge in [0.2, 0.25) is 0 Å². The Morgan fingerprint density at radius 2 is 0.640 bits per heavy atom. The fraction of sp³-hybridized carbons (Fsp3) is 0.800. The van der Waals surface area contributed by atoms with E-state index in [1.807, 2.05) is 24.3 Å². The monoisotopic (exact) mass is 792 g/mol. The van der Waals surface area contributed by atoms with Gasteiger partial charge in [0.05, 0.1) is 52.9 Å². The molecule has 1 aliphatic rings. The van der Waals surface area contributed by atoms with Crippen LogP contribution in [-0.4, -0.2) is 111 Å². The normalized spacial score (nSPS) is 17.8. The third kappa shape index (κ3) is 13.2. The predicted octanol–water partition coefficient (Wildman–Crippen LogP) is 7.63. The maximum Gasteiger partial charge on any atom is 0.408 e. The summed E-state index contributed by atoms with van der Waals surface area (Å²) in [5, 5.41) is 0. The van der Waals surface area contributed by atoms with E-state index in [0.717, 1.165) is 11.1 Å². The van der Waals surface area contributed by atoms with Crippen molar-refractivity contribution in [1.29, 1.82) is 0 Å². The maximum absolute atomic E-state index is 14.4. The molecule has 1 aliphatic heterocycles.